The molecule has 88 valence electrons. The van der Waals surface area contributed by atoms with Crippen LogP contribution in [0.15, 0.2) is 12.2 Å². The van der Waals surface area contributed by atoms with Crippen LogP contribution in [0.25, 0.3) is 0 Å². The van der Waals surface area contributed by atoms with E-state index in [0.29, 0.717) is 0 Å². The second-order valence-corrected chi connectivity index (χ2v) is 4.69. The van der Waals surface area contributed by atoms with Crippen molar-refractivity contribution >= 4 is 0 Å². The highest BCUT2D eigenvalue weighted by Gasteiger charge is 2.28. The third-order valence-electron chi connectivity index (χ3n) is 3.34. The van der Waals surface area contributed by atoms with E-state index in [1.165, 1.54) is 0 Å². The Morgan fingerprint density at radius 1 is 1.47 bits per heavy atom. The van der Waals surface area contributed by atoms with E-state index in [1.807, 2.05) is 0 Å². The molecular weight excluding hydrogens is 188 g/mol. The Labute approximate surface area is 93.4 Å². The molecule has 1 aliphatic rings. The largest absolute Gasteiger partial charge is 0.391 e. The van der Waals surface area contributed by atoms with Crippen molar-refractivity contribution in [3.63, 3.8) is 0 Å². The van der Waals surface area contributed by atoms with E-state index in [4.69, 9.17) is 0 Å². The molecular formula is C12H24N2O. The number of likely N-dealkylation sites (N-methyl/N-ethyl adjacent to an activating group) is 2. The number of hydrogen-bond donors (Lipinski definition) is 1. The molecule has 3 nitrogen and oxygen atoms in total. The van der Waals surface area contributed by atoms with Gasteiger partial charge in [0.25, 0.3) is 0 Å². The standard InChI is InChI=1S/C12H24N2O/c1-5-10(2)8-12(15)11-9-13(3)6-7-14(11)4/h11-12,15H,2,5-9H2,1,3-4H3. The van der Waals surface area contributed by atoms with Gasteiger partial charge in [-0.2, -0.15) is 0 Å². The lowest BCUT2D eigenvalue weighted by Crippen LogP contribution is -2.55. The van der Waals surface area contributed by atoms with Crippen LogP contribution >= 0.6 is 0 Å². The van der Waals surface area contributed by atoms with Gasteiger partial charge in [-0.3, -0.25) is 4.90 Å². The average molecular weight is 212 g/mol. The highest BCUT2D eigenvalue weighted by molar-refractivity contribution is 4.98. The lowest BCUT2D eigenvalue weighted by molar-refractivity contribution is 0.0151. The third-order valence-corrected chi connectivity index (χ3v) is 3.34. The van der Waals surface area contributed by atoms with Gasteiger partial charge in [-0.1, -0.05) is 19.1 Å². The van der Waals surface area contributed by atoms with Crippen molar-refractivity contribution in [2.75, 3.05) is 33.7 Å². The minimum absolute atomic E-state index is 0.257. The van der Waals surface area contributed by atoms with Crippen molar-refractivity contribution in [2.45, 2.75) is 31.9 Å². The van der Waals surface area contributed by atoms with E-state index >= 15 is 0 Å². The molecule has 2 atom stereocenters. The Hall–Kier alpha value is -0.380. The zero-order chi connectivity index (χ0) is 11.4. The maximum atomic E-state index is 10.1. The first-order valence-corrected chi connectivity index (χ1v) is 5.78. The maximum Gasteiger partial charge on any atom is 0.0744 e. The summed E-state index contributed by atoms with van der Waals surface area (Å²) in [5, 5.41) is 10.1. The number of hydrogen-bond acceptors (Lipinski definition) is 3. The molecule has 1 rings (SSSR count). The molecule has 1 aliphatic heterocycles. The van der Waals surface area contributed by atoms with E-state index in [-0.39, 0.29) is 12.1 Å². The van der Waals surface area contributed by atoms with Gasteiger partial charge in [-0.15, -0.1) is 0 Å². The van der Waals surface area contributed by atoms with Crippen molar-refractivity contribution in [2.24, 2.45) is 0 Å². The minimum atomic E-state index is -0.273. The van der Waals surface area contributed by atoms with E-state index < -0.39 is 0 Å². The molecule has 1 N–H and O–H groups in total. The molecule has 0 aromatic rings. The summed E-state index contributed by atoms with van der Waals surface area (Å²) in [4.78, 5) is 4.54. The molecule has 0 saturated carbocycles. The summed E-state index contributed by atoms with van der Waals surface area (Å²) < 4.78 is 0. The molecule has 0 aliphatic carbocycles. The predicted molar refractivity (Wildman–Crippen MR) is 64.0 cm³/mol. The molecule has 0 radical (unpaired) electrons. The first-order valence-electron chi connectivity index (χ1n) is 5.78. The molecule has 0 aromatic carbocycles. The second-order valence-electron chi connectivity index (χ2n) is 4.69. The Bertz CT molecular complexity index is 218. The van der Waals surface area contributed by atoms with E-state index in [9.17, 15) is 5.11 Å². The molecule has 2 unspecified atom stereocenters. The summed E-state index contributed by atoms with van der Waals surface area (Å²) in [6, 6.07) is 0.257. The van der Waals surface area contributed by atoms with Gasteiger partial charge in [-0.05, 0) is 26.9 Å². The number of rotatable bonds is 4. The SMILES string of the molecule is C=C(CC)CC(O)C1CN(C)CCN1C. The van der Waals surface area contributed by atoms with Crippen molar-refractivity contribution in [3.05, 3.63) is 12.2 Å². The summed E-state index contributed by atoms with van der Waals surface area (Å²) in [5.74, 6) is 0. The van der Waals surface area contributed by atoms with Crippen LogP contribution in [0, 0.1) is 0 Å². The summed E-state index contributed by atoms with van der Waals surface area (Å²) in [7, 11) is 4.21. The molecule has 1 heterocycles. The zero-order valence-corrected chi connectivity index (χ0v) is 10.2. The van der Waals surface area contributed by atoms with E-state index in [2.05, 4.69) is 37.4 Å². The van der Waals surface area contributed by atoms with Gasteiger partial charge < -0.3 is 10.0 Å². The number of aliphatic hydroxyl groups is 1. The van der Waals surface area contributed by atoms with Gasteiger partial charge in [0.1, 0.15) is 0 Å². The van der Waals surface area contributed by atoms with Crippen LogP contribution in [-0.2, 0) is 0 Å². The summed E-state index contributed by atoms with van der Waals surface area (Å²) in [5.41, 5.74) is 1.14. The Morgan fingerprint density at radius 2 is 2.13 bits per heavy atom. The maximum absolute atomic E-state index is 10.1. The van der Waals surface area contributed by atoms with Gasteiger partial charge in [-0.25, -0.2) is 0 Å². The molecule has 0 amide bonds. The molecule has 1 fully saturated rings. The lowest BCUT2D eigenvalue weighted by Gasteiger charge is -2.40. The Kier molecular flexibility index (Phi) is 4.77. The van der Waals surface area contributed by atoms with Crippen LogP contribution in [0.4, 0.5) is 0 Å². The predicted octanol–water partition coefficient (Wildman–Crippen LogP) is 0.949. The second kappa shape index (κ2) is 5.64. The van der Waals surface area contributed by atoms with Gasteiger partial charge in [0.2, 0.25) is 0 Å². The van der Waals surface area contributed by atoms with Crippen LogP contribution in [0.3, 0.4) is 0 Å². The molecule has 0 bridgehead atoms. The topological polar surface area (TPSA) is 26.7 Å². The molecule has 1 saturated heterocycles. The van der Waals surface area contributed by atoms with Crippen LogP contribution < -0.4 is 0 Å². The first kappa shape index (κ1) is 12.7. The summed E-state index contributed by atoms with van der Waals surface area (Å²) in [6.07, 6.45) is 1.42. The molecule has 3 heteroatoms. The first-order chi connectivity index (χ1) is 7.04. The Balaban J connectivity index is 2.49. The third kappa shape index (κ3) is 3.59. The minimum Gasteiger partial charge on any atom is -0.391 e. The average Bonchev–Trinajstić information content (AvgIpc) is 2.21. The fourth-order valence-electron chi connectivity index (χ4n) is 2.04. The van der Waals surface area contributed by atoms with Gasteiger partial charge >= 0.3 is 0 Å². The van der Waals surface area contributed by atoms with Crippen LogP contribution in [0.2, 0.25) is 0 Å². The van der Waals surface area contributed by atoms with E-state index in [0.717, 1.165) is 38.0 Å². The van der Waals surface area contributed by atoms with Gasteiger partial charge in [0.15, 0.2) is 0 Å². The quantitative estimate of drug-likeness (QED) is 0.703. The van der Waals surface area contributed by atoms with Crippen molar-refractivity contribution in [1.82, 2.24) is 9.80 Å². The van der Waals surface area contributed by atoms with Crippen molar-refractivity contribution in [3.8, 4) is 0 Å². The normalized spacial score (nSPS) is 26.5. The van der Waals surface area contributed by atoms with E-state index in [1.54, 1.807) is 0 Å². The molecule has 0 aromatic heterocycles. The van der Waals surface area contributed by atoms with Crippen LogP contribution in [-0.4, -0.2) is 60.8 Å². The number of nitrogens with zero attached hydrogens (tertiary/aromatic N) is 2. The Morgan fingerprint density at radius 3 is 2.73 bits per heavy atom. The van der Waals surface area contributed by atoms with Gasteiger partial charge in [0.05, 0.1) is 6.10 Å². The van der Waals surface area contributed by atoms with Gasteiger partial charge in [0, 0.05) is 25.7 Å². The summed E-state index contributed by atoms with van der Waals surface area (Å²) >= 11 is 0. The smallest absolute Gasteiger partial charge is 0.0744 e. The van der Waals surface area contributed by atoms with Crippen LogP contribution in [0.5, 0.6) is 0 Å². The highest BCUT2D eigenvalue weighted by atomic mass is 16.3. The van der Waals surface area contributed by atoms with Crippen LogP contribution in [0.1, 0.15) is 19.8 Å². The fraction of sp³-hybridized carbons (Fsp3) is 0.833. The highest BCUT2D eigenvalue weighted by Crippen LogP contribution is 2.16. The fourth-order valence-corrected chi connectivity index (χ4v) is 2.04. The monoisotopic (exact) mass is 212 g/mol. The lowest BCUT2D eigenvalue weighted by atomic mass is 9.99. The number of aliphatic hydroxyl groups excluding tert-OH is 1. The van der Waals surface area contributed by atoms with Crippen molar-refractivity contribution < 1.29 is 5.11 Å². The molecule has 0 spiro atoms. The molecule has 15 heavy (non-hydrogen) atoms. The zero-order valence-electron chi connectivity index (χ0n) is 10.2. The summed E-state index contributed by atoms with van der Waals surface area (Å²) in [6.45, 7) is 9.13. The number of piperazine rings is 1. The van der Waals surface area contributed by atoms with Crippen molar-refractivity contribution in [1.29, 1.82) is 0 Å².